The van der Waals surface area contributed by atoms with Gasteiger partial charge in [0.15, 0.2) is 23.0 Å². The normalized spacial score (nSPS) is 10.5. The molecule has 2 N–H and O–H groups in total. The Morgan fingerprint density at radius 2 is 1.45 bits per heavy atom. The average molecular weight is 429 g/mol. The number of carbonyl (C=O) groups excluding carboxylic acids is 2. The van der Waals surface area contributed by atoms with Crippen molar-refractivity contribution >= 4 is 18.0 Å². The van der Waals surface area contributed by atoms with Gasteiger partial charge in [0.1, 0.15) is 6.42 Å². The Morgan fingerprint density at radius 1 is 0.839 bits per heavy atom. The van der Waals surface area contributed by atoms with Crippen LogP contribution in [0.25, 0.3) is 0 Å². The smallest absolute Gasteiger partial charge is 0.249 e. The van der Waals surface area contributed by atoms with Crippen LogP contribution in [-0.2, 0) is 16.0 Å². The number of hydrogen-bond acceptors (Lipinski definition) is 7. The van der Waals surface area contributed by atoms with Crippen LogP contribution in [0.4, 0.5) is 0 Å². The summed E-state index contributed by atoms with van der Waals surface area (Å²) in [6.07, 6.45) is 1.72. The molecule has 2 aromatic carbocycles. The molecule has 0 saturated carbocycles. The van der Waals surface area contributed by atoms with Gasteiger partial charge in [-0.15, -0.1) is 0 Å². The van der Waals surface area contributed by atoms with E-state index in [2.05, 4.69) is 15.8 Å². The summed E-state index contributed by atoms with van der Waals surface area (Å²) >= 11 is 0. The third kappa shape index (κ3) is 7.22. The quantitative estimate of drug-likeness (QED) is 0.321. The molecule has 2 rings (SSSR count). The molecule has 0 bridgehead atoms. The standard InChI is InChI=1S/C22H27N3O6/c1-28-17-7-5-15(11-19(17)30-3)9-10-23-21(26)13-22(27)25-24-14-16-6-8-18(29-2)20(12-16)31-4/h5-8,11-12,14H,9-10,13H2,1-4H3,(H,23,26)(H,25,27). The minimum atomic E-state index is -0.514. The Balaban J connectivity index is 1.76. The Labute approximate surface area is 181 Å². The number of rotatable bonds is 11. The second-order valence-electron chi connectivity index (χ2n) is 6.37. The van der Waals surface area contributed by atoms with E-state index in [0.717, 1.165) is 5.56 Å². The lowest BCUT2D eigenvalue weighted by Crippen LogP contribution is -2.31. The molecule has 0 saturated heterocycles. The fourth-order valence-corrected chi connectivity index (χ4v) is 2.74. The van der Waals surface area contributed by atoms with E-state index < -0.39 is 5.91 Å². The molecule has 0 radical (unpaired) electrons. The van der Waals surface area contributed by atoms with Crippen LogP contribution < -0.4 is 29.7 Å². The minimum Gasteiger partial charge on any atom is -0.493 e. The zero-order chi connectivity index (χ0) is 22.6. The topological polar surface area (TPSA) is 107 Å². The van der Waals surface area contributed by atoms with Gasteiger partial charge in [0.05, 0.1) is 34.7 Å². The Kier molecular flexibility index (Phi) is 9.15. The lowest BCUT2D eigenvalue weighted by atomic mass is 10.1. The molecule has 0 aliphatic heterocycles. The Bertz CT molecular complexity index is 929. The van der Waals surface area contributed by atoms with E-state index in [0.29, 0.717) is 41.5 Å². The summed E-state index contributed by atoms with van der Waals surface area (Å²) in [4.78, 5) is 23.8. The molecule has 0 aromatic heterocycles. The van der Waals surface area contributed by atoms with Crippen LogP contribution in [0.3, 0.4) is 0 Å². The van der Waals surface area contributed by atoms with Gasteiger partial charge < -0.3 is 24.3 Å². The Morgan fingerprint density at radius 3 is 2.10 bits per heavy atom. The van der Waals surface area contributed by atoms with E-state index in [4.69, 9.17) is 18.9 Å². The van der Waals surface area contributed by atoms with Gasteiger partial charge in [-0.25, -0.2) is 5.43 Å². The van der Waals surface area contributed by atoms with Gasteiger partial charge in [-0.2, -0.15) is 5.10 Å². The molecule has 0 fully saturated rings. The fraction of sp³-hybridized carbons (Fsp3) is 0.318. The average Bonchev–Trinajstić information content (AvgIpc) is 2.78. The van der Waals surface area contributed by atoms with E-state index in [9.17, 15) is 9.59 Å². The molecule has 31 heavy (non-hydrogen) atoms. The van der Waals surface area contributed by atoms with Crippen LogP contribution in [0.2, 0.25) is 0 Å². The predicted octanol–water partition coefficient (Wildman–Crippen LogP) is 1.92. The number of nitrogens with one attached hydrogen (secondary N) is 2. The van der Waals surface area contributed by atoms with Gasteiger partial charge >= 0.3 is 0 Å². The van der Waals surface area contributed by atoms with E-state index in [1.165, 1.54) is 13.3 Å². The van der Waals surface area contributed by atoms with Gasteiger partial charge in [-0.1, -0.05) is 6.07 Å². The minimum absolute atomic E-state index is 0.324. The number of benzene rings is 2. The number of amides is 2. The SMILES string of the molecule is COc1ccc(C=NNC(=O)CC(=O)NCCc2ccc(OC)c(OC)c2)cc1OC. The maximum absolute atomic E-state index is 12.0. The van der Waals surface area contributed by atoms with Gasteiger partial charge in [-0.3, -0.25) is 9.59 Å². The predicted molar refractivity (Wildman–Crippen MR) is 116 cm³/mol. The van der Waals surface area contributed by atoms with Gasteiger partial charge in [0.25, 0.3) is 0 Å². The molecule has 0 aliphatic rings. The highest BCUT2D eigenvalue weighted by atomic mass is 16.5. The van der Waals surface area contributed by atoms with Crippen LogP contribution in [0, 0.1) is 0 Å². The number of hydrazone groups is 1. The van der Waals surface area contributed by atoms with Gasteiger partial charge in [0.2, 0.25) is 11.8 Å². The molecular formula is C22H27N3O6. The first kappa shape index (κ1) is 23.5. The highest BCUT2D eigenvalue weighted by molar-refractivity contribution is 5.97. The van der Waals surface area contributed by atoms with Crippen molar-refractivity contribution in [1.82, 2.24) is 10.7 Å². The highest BCUT2D eigenvalue weighted by Crippen LogP contribution is 2.28. The zero-order valence-corrected chi connectivity index (χ0v) is 18.1. The van der Waals surface area contributed by atoms with Crippen LogP contribution >= 0.6 is 0 Å². The number of ether oxygens (including phenoxy) is 4. The number of carbonyl (C=O) groups is 2. The maximum atomic E-state index is 12.0. The summed E-state index contributed by atoms with van der Waals surface area (Å²) < 4.78 is 20.8. The maximum Gasteiger partial charge on any atom is 0.249 e. The first-order valence-electron chi connectivity index (χ1n) is 9.52. The summed E-state index contributed by atoms with van der Waals surface area (Å²) in [5.74, 6) is 1.50. The van der Waals surface area contributed by atoms with Crippen molar-refractivity contribution in [3.63, 3.8) is 0 Å². The summed E-state index contributed by atoms with van der Waals surface area (Å²) in [5, 5.41) is 6.57. The highest BCUT2D eigenvalue weighted by Gasteiger charge is 2.09. The number of methoxy groups -OCH3 is 4. The molecule has 0 aliphatic carbocycles. The third-order valence-electron chi connectivity index (χ3n) is 4.32. The van der Waals surface area contributed by atoms with Gasteiger partial charge in [-0.05, 0) is 47.9 Å². The van der Waals surface area contributed by atoms with Crippen LogP contribution in [-0.4, -0.2) is 53.0 Å². The van der Waals surface area contributed by atoms with Crippen LogP contribution in [0.15, 0.2) is 41.5 Å². The largest absolute Gasteiger partial charge is 0.493 e. The molecule has 2 amide bonds. The zero-order valence-electron chi connectivity index (χ0n) is 18.1. The van der Waals surface area contributed by atoms with E-state index in [1.54, 1.807) is 45.6 Å². The Hall–Kier alpha value is -3.75. The molecule has 9 heteroatoms. The van der Waals surface area contributed by atoms with Crippen molar-refractivity contribution in [1.29, 1.82) is 0 Å². The van der Waals surface area contributed by atoms with Crippen LogP contribution in [0.1, 0.15) is 17.5 Å². The molecular weight excluding hydrogens is 402 g/mol. The lowest BCUT2D eigenvalue weighted by Gasteiger charge is -2.10. The number of nitrogens with zero attached hydrogens (tertiary/aromatic N) is 1. The van der Waals surface area contributed by atoms with E-state index in [1.807, 2.05) is 12.1 Å². The van der Waals surface area contributed by atoms with Crippen molar-refractivity contribution in [2.45, 2.75) is 12.8 Å². The van der Waals surface area contributed by atoms with Crippen molar-refractivity contribution in [2.75, 3.05) is 35.0 Å². The van der Waals surface area contributed by atoms with Crippen LogP contribution in [0.5, 0.6) is 23.0 Å². The first-order chi connectivity index (χ1) is 15.0. The number of hydrogen-bond donors (Lipinski definition) is 2. The first-order valence-corrected chi connectivity index (χ1v) is 9.52. The monoisotopic (exact) mass is 429 g/mol. The summed E-state index contributed by atoms with van der Waals surface area (Å²) in [6.45, 7) is 0.385. The second-order valence-corrected chi connectivity index (χ2v) is 6.37. The molecule has 0 unspecified atom stereocenters. The fourth-order valence-electron chi connectivity index (χ4n) is 2.74. The molecule has 0 atom stereocenters. The van der Waals surface area contributed by atoms with Gasteiger partial charge in [0, 0.05) is 6.54 Å². The van der Waals surface area contributed by atoms with Crippen molar-refractivity contribution < 1.29 is 28.5 Å². The lowest BCUT2D eigenvalue weighted by molar-refractivity contribution is -0.129. The second kappa shape index (κ2) is 12.1. The molecule has 9 nitrogen and oxygen atoms in total. The van der Waals surface area contributed by atoms with Crippen molar-refractivity contribution in [3.8, 4) is 23.0 Å². The van der Waals surface area contributed by atoms with Crippen molar-refractivity contribution in [2.24, 2.45) is 5.10 Å². The van der Waals surface area contributed by atoms with Crippen molar-refractivity contribution in [3.05, 3.63) is 47.5 Å². The summed E-state index contributed by atoms with van der Waals surface area (Å²) in [5.41, 5.74) is 4.01. The molecule has 0 heterocycles. The van der Waals surface area contributed by atoms with E-state index >= 15 is 0 Å². The third-order valence-corrected chi connectivity index (χ3v) is 4.32. The molecule has 2 aromatic rings. The molecule has 166 valence electrons. The van der Waals surface area contributed by atoms with E-state index in [-0.39, 0.29) is 12.3 Å². The molecule has 0 spiro atoms. The summed E-state index contributed by atoms with van der Waals surface area (Å²) in [7, 11) is 6.21. The summed E-state index contributed by atoms with van der Waals surface area (Å²) in [6, 6.07) is 10.8.